The number of amides is 1. The number of likely N-dealkylation sites (tertiary alicyclic amines) is 1. The van der Waals surface area contributed by atoms with Crippen molar-refractivity contribution in [1.82, 2.24) is 10.2 Å². The van der Waals surface area contributed by atoms with E-state index in [1.807, 2.05) is 12.1 Å². The maximum Gasteiger partial charge on any atom is 0.223 e. The number of piperidine rings is 1. The molecule has 1 aromatic rings. The van der Waals surface area contributed by atoms with Crippen LogP contribution in [-0.2, 0) is 4.79 Å². The van der Waals surface area contributed by atoms with Crippen LogP contribution in [-0.4, -0.2) is 37.6 Å². The summed E-state index contributed by atoms with van der Waals surface area (Å²) in [5.74, 6) is 2.17. The first-order valence-electron chi connectivity index (χ1n) is 10.3. The van der Waals surface area contributed by atoms with Crippen LogP contribution in [0.3, 0.4) is 0 Å². The van der Waals surface area contributed by atoms with Crippen molar-refractivity contribution in [2.45, 2.75) is 57.9 Å². The number of hydrogen-bond donors (Lipinski definition) is 1. The molecule has 0 radical (unpaired) electrons. The van der Waals surface area contributed by atoms with E-state index >= 15 is 0 Å². The third-order valence-corrected chi connectivity index (χ3v) is 6.20. The number of methoxy groups -OCH3 is 1. The highest BCUT2D eigenvalue weighted by atomic mass is 16.5. The Balaban J connectivity index is 1.71. The van der Waals surface area contributed by atoms with Gasteiger partial charge in [-0.2, -0.15) is 0 Å². The molecule has 1 aliphatic carbocycles. The van der Waals surface area contributed by atoms with Gasteiger partial charge in [0, 0.05) is 18.0 Å². The zero-order valence-corrected chi connectivity index (χ0v) is 16.4. The molecule has 2 fully saturated rings. The molecule has 1 saturated heterocycles. The lowest BCUT2D eigenvalue weighted by molar-refractivity contribution is -0.126. The Morgan fingerprint density at radius 1 is 1.15 bits per heavy atom. The summed E-state index contributed by atoms with van der Waals surface area (Å²) < 4.78 is 5.62. The molecule has 1 amide bonds. The molecule has 1 heterocycles. The summed E-state index contributed by atoms with van der Waals surface area (Å²) in [4.78, 5) is 15.2. The van der Waals surface area contributed by atoms with Gasteiger partial charge < -0.3 is 10.1 Å². The van der Waals surface area contributed by atoms with Crippen LogP contribution in [0.4, 0.5) is 0 Å². The monoisotopic (exact) mass is 358 g/mol. The minimum absolute atomic E-state index is 0.186. The number of carbonyl (C=O) groups excluding carboxylic acids is 1. The van der Waals surface area contributed by atoms with Crippen LogP contribution in [0.25, 0.3) is 0 Å². The Morgan fingerprint density at radius 3 is 2.54 bits per heavy atom. The first-order chi connectivity index (χ1) is 12.7. The number of hydrogen-bond acceptors (Lipinski definition) is 3. The summed E-state index contributed by atoms with van der Waals surface area (Å²) in [5, 5.41) is 3.27. The number of nitrogens with one attached hydrogen (secondary N) is 1. The minimum atomic E-state index is 0.186. The maximum atomic E-state index is 12.7. The van der Waals surface area contributed by atoms with Crippen molar-refractivity contribution < 1.29 is 9.53 Å². The number of benzene rings is 1. The molecule has 1 N–H and O–H groups in total. The first kappa shape index (κ1) is 19.2. The molecule has 1 atom stereocenters. The summed E-state index contributed by atoms with van der Waals surface area (Å²) >= 11 is 0. The lowest BCUT2D eigenvalue weighted by Crippen LogP contribution is -2.43. The molecule has 4 heteroatoms. The van der Waals surface area contributed by atoms with Crippen molar-refractivity contribution in [3.05, 3.63) is 29.8 Å². The third-order valence-electron chi connectivity index (χ3n) is 6.20. The number of para-hydroxylation sites is 1. The van der Waals surface area contributed by atoms with Gasteiger partial charge in [0.05, 0.1) is 13.2 Å². The molecule has 2 aliphatic rings. The van der Waals surface area contributed by atoms with E-state index < -0.39 is 0 Å². The van der Waals surface area contributed by atoms with E-state index in [1.165, 1.54) is 37.7 Å². The van der Waals surface area contributed by atoms with E-state index in [0.29, 0.717) is 6.54 Å². The van der Waals surface area contributed by atoms with Gasteiger partial charge in [0.25, 0.3) is 0 Å². The summed E-state index contributed by atoms with van der Waals surface area (Å²) in [6.07, 6.45) is 8.21. The fourth-order valence-corrected chi connectivity index (χ4v) is 4.42. The van der Waals surface area contributed by atoms with E-state index in [2.05, 4.69) is 29.3 Å². The van der Waals surface area contributed by atoms with Crippen LogP contribution in [0.2, 0.25) is 0 Å². The van der Waals surface area contributed by atoms with Crippen molar-refractivity contribution in [3.63, 3.8) is 0 Å². The van der Waals surface area contributed by atoms with E-state index in [-0.39, 0.29) is 17.9 Å². The van der Waals surface area contributed by atoms with Crippen molar-refractivity contribution in [2.75, 3.05) is 26.7 Å². The predicted molar refractivity (Wildman–Crippen MR) is 105 cm³/mol. The van der Waals surface area contributed by atoms with E-state index in [1.54, 1.807) is 7.11 Å². The molecule has 1 saturated carbocycles. The van der Waals surface area contributed by atoms with Gasteiger partial charge >= 0.3 is 0 Å². The molecule has 1 unspecified atom stereocenters. The normalized spacial score (nSPS) is 21.3. The molecule has 4 nitrogen and oxygen atoms in total. The quantitative estimate of drug-likeness (QED) is 0.830. The van der Waals surface area contributed by atoms with Crippen LogP contribution in [0.5, 0.6) is 5.75 Å². The molecule has 0 bridgehead atoms. The fourth-order valence-electron chi connectivity index (χ4n) is 4.42. The average Bonchev–Trinajstić information content (AvgIpc) is 2.70. The molecule has 1 aliphatic heterocycles. The van der Waals surface area contributed by atoms with Crippen LogP contribution in [0, 0.1) is 11.8 Å². The number of nitrogens with zero attached hydrogens (tertiary/aromatic N) is 1. The SMILES string of the molecule is COc1ccccc1C(CNC(=O)C1CCCCC1)N1CCC(C)CC1. The van der Waals surface area contributed by atoms with E-state index in [4.69, 9.17) is 4.74 Å². The lowest BCUT2D eigenvalue weighted by atomic mass is 9.88. The van der Waals surface area contributed by atoms with Gasteiger partial charge in [0.1, 0.15) is 5.75 Å². The summed E-state index contributed by atoms with van der Waals surface area (Å²) in [7, 11) is 1.73. The lowest BCUT2D eigenvalue weighted by Gasteiger charge is -2.37. The smallest absolute Gasteiger partial charge is 0.223 e. The molecule has 0 aromatic heterocycles. The van der Waals surface area contributed by atoms with Crippen LogP contribution < -0.4 is 10.1 Å². The summed E-state index contributed by atoms with van der Waals surface area (Å²) in [6, 6.07) is 8.44. The fraction of sp³-hybridized carbons (Fsp3) is 0.682. The number of carbonyl (C=O) groups is 1. The third kappa shape index (κ3) is 4.79. The Labute approximate surface area is 158 Å². The molecule has 0 spiro atoms. The average molecular weight is 359 g/mol. The standard InChI is InChI=1S/C22H34N2O2/c1-17-12-14-24(15-13-17)20(19-10-6-7-11-21(19)26-2)16-23-22(25)18-8-4-3-5-9-18/h6-7,10-11,17-18,20H,3-5,8-9,12-16H2,1-2H3,(H,23,25). The first-order valence-corrected chi connectivity index (χ1v) is 10.3. The van der Waals surface area contributed by atoms with Crippen molar-refractivity contribution in [1.29, 1.82) is 0 Å². The molecule has 3 rings (SSSR count). The highest BCUT2D eigenvalue weighted by Gasteiger charge is 2.28. The second-order valence-corrected chi connectivity index (χ2v) is 8.06. The summed E-state index contributed by atoms with van der Waals surface area (Å²) in [6.45, 7) is 5.18. The van der Waals surface area contributed by atoms with E-state index in [0.717, 1.165) is 37.6 Å². The van der Waals surface area contributed by atoms with Gasteiger partial charge in [-0.15, -0.1) is 0 Å². The maximum absolute atomic E-state index is 12.7. The zero-order chi connectivity index (χ0) is 18.4. The van der Waals surface area contributed by atoms with Crippen LogP contribution >= 0.6 is 0 Å². The van der Waals surface area contributed by atoms with Crippen LogP contribution in [0.15, 0.2) is 24.3 Å². The summed E-state index contributed by atoms with van der Waals surface area (Å²) in [5.41, 5.74) is 1.19. The molecular weight excluding hydrogens is 324 g/mol. The Hall–Kier alpha value is -1.55. The topological polar surface area (TPSA) is 41.6 Å². The van der Waals surface area contributed by atoms with Gasteiger partial charge in [0.15, 0.2) is 0 Å². The minimum Gasteiger partial charge on any atom is -0.496 e. The number of rotatable bonds is 6. The van der Waals surface area contributed by atoms with Gasteiger partial charge in [-0.1, -0.05) is 44.4 Å². The Kier molecular flexibility index (Phi) is 6.95. The Morgan fingerprint density at radius 2 is 1.85 bits per heavy atom. The molecule has 26 heavy (non-hydrogen) atoms. The molecule has 1 aromatic carbocycles. The van der Waals surface area contributed by atoms with Crippen molar-refractivity contribution in [2.24, 2.45) is 11.8 Å². The van der Waals surface area contributed by atoms with Gasteiger partial charge in [0.2, 0.25) is 5.91 Å². The zero-order valence-electron chi connectivity index (χ0n) is 16.4. The molecular formula is C22H34N2O2. The largest absolute Gasteiger partial charge is 0.496 e. The van der Waals surface area contributed by atoms with Gasteiger partial charge in [-0.25, -0.2) is 0 Å². The second-order valence-electron chi connectivity index (χ2n) is 8.06. The van der Waals surface area contributed by atoms with Gasteiger partial charge in [-0.05, 0) is 50.8 Å². The predicted octanol–water partition coefficient (Wildman–Crippen LogP) is 4.16. The highest BCUT2D eigenvalue weighted by molar-refractivity contribution is 5.78. The molecule has 144 valence electrons. The van der Waals surface area contributed by atoms with Crippen molar-refractivity contribution >= 4 is 5.91 Å². The van der Waals surface area contributed by atoms with Gasteiger partial charge in [-0.3, -0.25) is 9.69 Å². The number of ether oxygens (including phenoxy) is 1. The van der Waals surface area contributed by atoms with Crippen molar-refractivity contribution in [3.8, 4) is 5.75 Å². The second kappa shape index (κ2) is 9.40. The highest BCUT2D eigenvalue weighted by Crippen LogP contribution is 2.32. The van der Waals surface area contributed by atoms with Crippen LogP contribution in [0.1, 0.15) is 63.5 Å². The van der Waals surface area contributed by atoms with E-state index in [9.17, 15) is 4.79 Å². The Bertz CT molecular complexity index is 575.